The number of anilines is 3. The van der Waals surface area contributed by atoms with Crippen LogP contribution in [0, 0.1) is 0 Å². The average molecular weight is 820 g/mol. The maximum atomic E-state index is 6.35. The fourth-order valence-electron chi connectivity index (χ4n) is 9.94. The zero-order valence-corrected chi connectivity index (χ0v) is 34.9. The van der Waals surface area contributed by atoms with E-state index in [9.17, 15) is 0 Å². The largest absolute Gasteiger partial charge is 0.456 e. The minimum absolute atomic E-state index is 0.876. The normalized spacial score (nSPS) is 11.8. The van der Waals surface area contributed by atoms with Gasteiger partial charge in [-0.1, -0.05) is 158 Å². The van der Waals surface area contributed by atoms with Crippen LogP contribution in [0.2, 0.25) is 0 Å². The van der Waals surface area contributed by atoms with Gasteiger partial charge >= 0.3 is 0 Å². The van der Waals surface area contributed by atoms with Crippen molar-refractivity contribution in [2.75, 3.05) is 4.90 Å². The minimum Gasteiger partial charge on any atom is -0.456 e. The smallest absolute Gasteiger partial charge is 0.135 e. The highest BCUT2D eigenvalue weighted by Gasteiger charge is 2.18. The summed E-state index contributed by atoms with van der Waals surface area (Å²) in [5.41, 5.74) is 7.33. The van der Waals surface area contributed by atoms with Gasteiger partial charge in [0.25, 0.3) is 0 Å². The quantitative estimate of drug-likeness (QED) is 0.176. The summed E-state index contributed by atoms with van der Waals surface area (Å²) in [4.78, 5) is 2.40. The van der Waals surface area contributed by atoms with Gasteiger partial charge in [0.05, 0.1) is 0 Å². The van der Waals surface area contributed by atoms with E-state index in [1.165, 1.54) is 85.2 Å². The lowest BCUT2D eigenvalue weighted by molar-refractivity contribution is 0.669. The van der Waals surface area contributed by atoms with Gasteiger partial charge < -0.3 is 9.32 Å². The molecule has 0 bridgehead atoms. The Morgan fingerprint density at radius 2 is 0.698 bits per heavy atom. The number of hydrogen-bond acceptors (Lipinski definition) is 3. The lowest BCUT2D eigenvalue weighted by Crippen LogP contribution is -2.09. The second kappa shape index (κ2) is 14.3. The van der Waals surface area contributed by atoms with E-state index in [4.69, 9.17) is 4.42 Å². The number of para-hydroxylation sites is 1. The number of benzene rings is 10. The van der Waals surface area contributed by atoms with Crippen molar-refractivity contribution < 1.29 is 4.42 Å². The molecule has 0 atom stereocenters. The SMILES string of the molecule is c1ccc(-c2ccc(N(c3ccc4oc5ccccc5c4c3)c3ccc4c(c3)c3ccccc3c3ccccc3c3ccccc3c3cc5sc6ccccc6c5cc43)cc2)cc1. The van der Waals surface area contributed by atoms with E-state index in [-0.39, 0.29) is 0 Å². The third-order valence-electron chi connectivity index (χ3n) is 12.9. The zero-order valence-electron chi connectivity index (χ0n) is 34.1. The molecule has 13 rings (SSSR count). The molecule has 0 saturated heterocycles. The third-order valence-corrected chi connectivity index (χ3v) is 14.0. The fraction of sp³-hybridized carbons (Fsp3) is 0. The van der Waals surface area contributed by atoms with E-state index in [0.29, 0.717) is 0 Å². The van der Waals surface area contributed by atoms with E-state index >= 15 is 0 Å². The maximum Gasteiger partial charge on any atom is 0.135 e. The Balaban J connectivity index is 1.18. The van der Waals surface area contributed by atoms with Gasteiger partial charge in [0.15, 0.2) is 0 Å². The van der Waals surface area contributed by atoms with Gasteiger partial charge in [-0.15, -0.1) is 11.3 Å². The molecule has 0 aliphatic heterocycles. The molecule has 63 heavy (non-hydrogen) atoms. The highest BCUT2D eigenvalue weighted by Crippen LogP contribution is 2.45. The third kappa shape index (κ3) is 5.78. The Morgan fingerprint density at radius 3 is 1.37 bits per heavy atom. The van der Waals surface area contributed by atoms with Crippen molar-refractivity contribution in [3.63, 3.8) is 0 Å². The molecule has 294 valence electrons. The predicted molar refractivity (Wildman–Crippen MR) is 272 cm³/mol. The standard InChI is InChI=1S/C60H37NOS/c1-2-14-38(15-3-1)39-26-28-40(29-27-39)61(42-31-33-58-55(35-42)50-22-10-12-24-57(50)62-58)41-30-32-49-52(34-41)47-20-8-6-18-45(47)43-16-4-5-17-44(43)46-19-7-9-21-48(46)54-37-60-56(36-53(49)54)51-23-11-13-25-59(51)63-60/h1-37H. The van der Waals surface area contributed by atoms with Crippen molar-refractivity contribution >= 4 is 124 Å². The highest BCUT2D eigenvalue weighted by molar-refractivity contribution is 7.25. The first-order valence-electron chi connectivity index (χ1n) is 21.5. The van der Waals surface area contributed by atoms with E-state index < -0.39 is 0 Å². The first-order valence-corrected chi connectivity index (χ1v) is 22.3. The van der Waals surface area contributed by atoms with Gasteiger partial charge in [-0.05, 0) is 132 Å². The second-order valence-electron chi connectivity index (χ2n) is 16.4. The first kappa shape index (κ1) is 35.7. The Kier molecular flexibility index (Phi) is 8.12. The molecular weight excluding hydrogens is 783 g/mol. The summed E-state index contributed by atoms with van der Waals surface area (Å²) >= 11 is 1.88. The molecule has 2 aromatic heterocycles. The summed E-state index contributed by atoms with van der Waals surface area (Å²) in [7, 11) is 0. The van der Waals surface area contributed by atoms with Crippen LogP contribution in [0.4, 0.5) is 17.1 Å². The van der Waals surface area contributed by atoms with Crippen molar-refractivity contribution in [2.45, 2.75) is 0 Å². The number of thiophene rings is 1. The van der Waals surface area contributed by atoms with E-state index in [1.54, 1.807) is 0 Å². The molecule has 0 unspecified atom stereocenters. The van der Waals surface area contributed by atoms with E-state index in [1.807, 2.05) is 23.5 Å². The molecule has 2 heterocycles. The summed E-state index contributed by atoms with van der Waals surface area (Å²) in [6.07, 6.45) is 0. The molecule has 0 spiro atoms. The van der Waals surface area contributed by atoms with Gasteiger partial charge in [-0.3, -0.25) is 0 Å². The van der Waals surface area contributed by atoms with Crippen molar-refractivity contribution in [3.05, 3.63) is 224 Å². The molecule has 2 nitrogen and oxygen atoms in total. The summed E-state index contributed by atoms with van der Waals surface area (Å²) in [6, 6.07) is 82.2. The van der Waals surface area contributed by atoms with Crippen LogP contribution in [0.15, 0.2) is 229 Å². The van der Waals surface area contributed by atoms with Crippen LogP contribution < -0.4 is 4.90 Å². The molecule has 11 aromatic carbocycles. The van der Waals surface area contributed by atoms with Gasteiger partial charge in [-0.2, -0.15) is 0 Å². The van der Waals surface area contributed by atoms with Crippen LogP contribution in [0.3, 0.4) is 0 Å². The van der Waals surface area contributed by atoms with Crippen LogP contribution >= 0.6 is 11.3 Å². The summed E-state index contributed by atoms with van der Waals surface area (Å²) in [6.45, 7) is 0. The van der Waals surface area contributed by atoms with Crippen molar-refractivity contribution in [1.29, 1.82) is 0 Å². The Morgan fingerprint density at radius 1 is 0.254 bits per heavy atom. The Hall–Kier alpha value is -7.98. The molecular formula is C60H37NOS. The van der Waals surface area contributed by atoms with Gasteiger partial charge in [0.1, 0.15) is 11.2 Å². The first-order chi connectivity index (χ1) is 31.2. The number of hydrogen-bond donors (Lipinski definition) is 0. The van der Waals surface area contributed by atoms with Gasteiger partial charge in [0, 0.05) is 48.0 Å². The molecule has 0 amide bonds. The fourth-order valence-corrected chi connectivity index (χ4v) is 11.1. The van der Waals surface area contributed by atoms with Gasteiger partial charge in [-0.25, -0.2) is 0 Å². The zero-order chi connectivity index (χ0) is 41.4. The topological polar surface area (TPSA) is 16.4 Å². The second-order valence-corrected chi connectivity index (χ2v) is 17.5. The Labute approximate surface area is 367 Å². The number of rotatable bonds is 4. The molecule has 3 heteroatoms. The lowest BCUT2D eigenvalue weighted by Gasteiger charge is -2.26. The van der Waals surface area contributed by atoms with Gasteiger partial charge in [0.2, 0.25) is 0 Å². The van der Waals surface area contributed by atoms with Crippen LogP contribution in [0.1, 0.15) is 0 Å². The summed E-state index contributed by atoms with van der Waals surface area (Å²) in [5, 5.41) is 16.9. The summed E-state index contributed by atoms with van der Waals surface area (Å²) in [5.74, 6) is 0. The highest BCUT2D eigenvalue weighted by atomic mass is 32.1. The van der Waals surface area contributed by atoms with E-state index in [2.05, 4.69) is 217 Å². The average Bonchev–Trinajstić information content (AvgIpc) is 3.92. The number of fused-ring (bicyclic) bond motifs is 16. The van der Waals surface area contributed by atoms with Crippen molar-refractivity contribution in [3.8, 4) is 11.1 Å². The summed E-state index contributed by atoms with van der Waals surface area (Å²) < 4.78 is 8.94. The van der Waals surface area contributed by atoms with Crippen LogP contribution in [0.5, 0.6) is 0 Å². The molecule has 0 aliphatic carbocycles. The molecule has 0 N–H and O–H groups in total. The lowest BCUT2D eigenvalue weighted by atomic mass is 9.93. The van der Waals surface area contributed by atoms with Crippen molar-refractivity contribution in [2.24, 2.45) is 0 Å². The minimum atomic E-state index is 0.876. The predicted octanol–water partition coefficient (Wildman–Crippen LogP) is 18.0. The van der Waals surface area contributed by atoms with Crippen LogP contribution in [0.25, 0.3) is 107 Å². The maximum absolute atomic E-state index is 6.35. The molecule has 0 radical (unpaired) electrons. The number of furan rings is 1. The van der Waals surface area contributed by atoms with Crippen LogP contribution in [-0.4, -0.2) is 0 Å². The molecule has 0 aliphatic rings. The molecule has 13 aromatic rings. The van der Waals surface area contributed by atoms with Crippen LogP contribution in [-0.2, 0) is 0 Å². The van der Waals surface area contributed by atoms with E-state index in [0.717, 1.165) is 39.0 Å². The molecule has 0 saturated carbocycles. The number of nitrogens with zero attached hydrogens (tertiary/aromatic N) is 1. The van der Waals surface area contributed by atoms with Crippen molar-refractivity contribution in [1.82, 2.24) is 0 Å². The molecule has 0 fully saturated rings. The Bertz CT molecular complexity index is 4030. The monoisotopic (exact) mass is 819 g/mol.